The van der Waals surface area contributed by atoms with E-state index < -0.39 is 0 Å². The number of aliphatic hydroxyl groups excluding tert-OH is 1. The van der Waals surface area contributed by atoms with Crippen LogP contribution < -0.4 is 10.3 Å². The van der Waals surface area contributed by atoms with Crippen LogP contribution in [0.5, 0.6) is 11.5 Å². The van der Waals surface area contributed by atoms with Crippen LogP contribution in [0.1, 0.15) is 16.8 Å². The normalized spacial score (nSPS) is 11.1. The van der Waals surface area contributed by atoms with Crippen LogP contribution >= 0.6 is 0 Å². The van der Waals surface area contributed by atoms with Crippen LogP contribution in [0.4, 0.5) is 0 Å². The Morgan fingerprint density at radius 1 is 1.30 bits per heavy atom. The Morgan fingerprint density at radius 2 is 2.09 bits per heavy atom. The average Bonchev–Trinajstić information content (AvgIpc) is 2.54. The van der Waals surface area contributed by atoms with Gasteiger partial charge in [0.2, 0.25) is 0 Å². The number of aromatic hydroxyl groups is 1. The Labute approximate surface area is 135 Å². The third-order valence-corrected chi connectivity index (χ3v) is 3.58. The van der Waals surface area contributed by atoms with Gasteiger partial charge in [-0.1, -0.05) is 18.2 Å². The smallest absolute Gasteiger partial charge is 0.261 e. The Morgan fingerprint density at radius 3 is 2.83 bits per heavy atom. The highest BCUT2D eigenvalue weighted by molar-refractivity contribution is 5.56. The number of benzene rings is 1. The molecule has 5 heteroatoms. The van der Waals surface area contributed by atoms with Gasteiger partial charge >= 0.3 is 0 Å². The van der Waals surface area contributed by atoms with Crippen molar-refractivity contribution < 1.29 is 14.9 Å². The second kappa shape index (κ2) is 7.65. The van der Waals surface area contributed by atoms with Gasteiger partial charge in [0, 0.05) is 12.7 Å². The highest BCUT2D eigenvalue weighted by Crippen LogP contribution is 2.17. The van der Waals surface area contributed by atoms with Gasteiger partial charge in [0.25, 0.3) is 5.56 Å². The molecule has 0 aliphatic heterocycles. The summed E-state index contributed by atoms with van der Waals surface area (Å²) in [4.78, 5) is 12.1. The first-order valence-electron chi connectivity index (χ1n) is 7.41. The molecule has 0 aliphatic rings. The molecule has 0 aliphatic carbocycles. The lowest BCUT2D eigenvalue weighted by molar-refractivity contribution is 0.201. The molecule has 0 radical (unpaired) electrons. The first kappa shape index (κ1) is 16.8. The van der Waals surface area contributed by atoms with Crippen LogP contribution in [0.3, 0.4) is 0 Å². The minimum Gasteiger partial charge on any atom is -0.507 e. The van der Waals surface area contributed by atoms with Crippen molar-refractivity contribution >= 4 is 6.08 Å². The molecule has 2 rings (SSSR count). The van der Waals surface area contributed by atoms with Gasteiger partial charge in [0.05, 0.1) is 12.2 Å². The molecular formula is C18H21NO4. The van der Waals surface area contributed by atoms with Crippen molar-refractivity contribution in [3.63, 3.8) is 0 Å². The molecule has 2 aromatic rings. The van der Waals surface area contributed by atoms with Gasteiger partial charge in [-0.2, -0.15) is 0 Å². The molecule has 122 valence electrons. The molecular weight excluding hydrogens is 294 g/mol. The Bertz CT molecular complexity index is 762. The number of hydrogen-bond acceptors (Lipinski definition) is 4. The fourth-order valence-electron chi connectivity index (χ4n) is 2.22. The minimum absolute atomic E-state index is 0.0121. The van der Waals surface area contributed by atoms with Crippen molar-refractivity contribution in [3.8, 4) is 11.5 Å². The Kier molecular flexibility index (Phi) is 5.60. The molecule has 0 amide bonds. The summed E-state index contributed by atoms with van der Waals surface area (Å²) in [6.45, 7) is 2.00. The first-order valence-corrected chi connectivity index (χ1v) is 7.41. The van der Waals surface area contributed by atoms with E-state index in [1.54, 1.807) is 26.1 Å². The van der Waals surface area contributed by atoms with Crippen LogP contribution in [0.2, 0.25) is 0 Å². The van der Waals surface area contributed by atoms with Crippen LogP contribution in [0.15, 0.2) is 41.2 Å². The van der Waals surface area contributed by atoms with E-state index in [0.29, 0.717) is 17.9 Å². The standard InChI is InChI=1S/C18H21NO4/c1-13-11-17(21)16(18(22)19(13)2)8-4-6-14-5-3-7-15(12-14)23-10-9-20/h3-5,7-8,11-12,20-21H,6,9-10H2,1-2H3/b8-4+. The summed E-state index contributed by atoms with van der Waals surface area (Å²) in [5.74, 6) is 0.681. The highest BCUT2D eigenvalue weighted by atomic mass is 16.5. The predicted molar refractivity (Wildman–Crippen MR) is 89.8 cm³/mol. The second-order valence-electron chi connectivity index (χ2n) is 5.27. The highest BCUT2D eigenvalue weighted by Gasteiger charge is 2.07. The summed E-state index contributed by atoms with van der Waals surface area (Å²) in [6.07, 6.45) is 4.07. The van der Waals surface area contributed by atoms with Gasteiger partial charge in [-0.25, -0.2) is 0 Å². The maximum atomic E-state index is 12.1. The lowest BCUT2D eigenvalue weighted by atomic mass is 10.1. The summed E-state index contributed by atoms with van der Waals surface area (Å²) >= 11 is 0. The van der Waals surface area contributed by atoms with Crippen LogP contribution in [-0.2, 0) is 13.5 Å². The average molecular weight is 315 g/mol. The van der Waals surface area contributed by atoms with Crippen molar-refractivity contribution in [1.82, 2.24) is 4.57 Å². The second-order valence-corrected chi connectivity index (χ2v) is 5.27. The van der Waals surface area contributed by atoms with Crippen molar-refractivity contribution in [1.29, 1.82) is 0 Å². The number of allylic oxidation sites excluding steroid dienone is 1. The molecule has 0 saturated heterocycles. The number of pyridine rings is 1. The van der Waals surface area contributed by atoms with Crippen LogP contribution in [0, 0.1) is 6.92 Å². The molecule has 0 spiro atoms. The largest absolute Gasteiger partial charge is 0.507 e. The number of aryl methyl sites for hydroxylation is 1. The van der Waals surface area contributed by atoms with Gasteiger partial charge < -0.3 is 19.5 Å². The molecule has 1 aromatic carbocycles. The number of aliphatic hydroxyl groups is 1. The maximum absolute atomic E-state index is 12.1. The zero-order chi connectivity index (χ0) is 16.8. The number of hydrogen-bond donors (Lipinski definition) is 2. The van der Waals surface area contributed by atoms with E-state index in [1.807, 2.05) is 30.3 Å². The summed E-state index contributed by atoms with van der Waals surface area (Å²) in [5.41, 5.74) is 1.78. The number of ether oxygens (including phenoxy) is 1. The SMILES string of the molecule is Cc1cc(O)c(/C=C/Cc2cccc(OCCO)c2)c(=O)n1C. The number of nitrogens with zero attached hydrogens (tertiary/aromatic N) is 1. The van der Waals surface area contributed by atoms with Gasteiger partial charge in [0.1, 0.15) is 18.1 Å². The van der Waals surface area contributed by atoms with E-state index >= 15 is 0 Å². The fraction of sp³-hybridized carbons (Fsp3) is 0.278. The monoisotopic (exact) mass is 315 g/mol. The summed E-state index contributed by atoms with van der Waals surface area (Å²) in [5, 5.41) is 18.7. The van der Waals surface area contributed by atoms with E-state index in [1.165, 1.54) is 4.57 Å². The lowest BCUT2D eigenvalue weighted by Gasteiger charge is -2.07. The molecule has 1 aromatic heterocycles. The molecule has 0 bridgehead atoms. The zero-order valence-electron chi connectivity index (χ0n) is 13.3. The summed E-state index contributed by atoms with van der Waals surface area (Å²) < 4.78 is 6.86. The van der Waals surface area contributed by atoms with E-state index in [0.717, 1.165) is 5.56 Å². The van der Waals surface area contributed by atoms with Crippen molar-refractivity contribution in [2.75, 3.05) is 13.2 Å². The van der Waals surface area contributed by atoms with Crippen molar-refractivity contribution in [3.05, 3.63) is 63.6 Å². The zero-order valence-corrected chi connectivity index (χ0v) is 13.3. The first-order chi connectivity index (χ1) is 11.0. The van der Waals surface area contributed by atoms with E-state index in [2.05, 4.69) is 0 Å². The Hall–Kier alpha value is -2.53. The number of aromatic nitrogens is 1. The molecule has 0 atom stereocenters. The van der Waals surface area contributed by atoms with Gasteiger partial charge in [-0.15, -0.1) is 0 Å². The summed E-state index contributed by atoms with van der Waals surface area (Å²) in [7, 11) is 1.68. The molecule has 2 N–H and O–H groups in total. The molecule has 0 saturated carbocycles. The quantitative estimate of drug-likeness (QED) is 0.855. The third kappa shape index (κ3) is 4.23. The lowest BCUT2D eigenvalue weighted by Crippen LogP contribution is -2.20. The van der Waals surface area contributed by atoms with E-state index in [9.17, 15) is 9.90 Å². The molecule has 0 unspecified atom stereocenters. The van der Waals surface area contributed by atoms with E-state index in [-0.39, 0.29) is 30.1 Å². The fourth-order valence-corrected chi connectivity index (χ4v) is 2.22. The summed E-state index contributed by atoms with van der Waals surface area (Å²) in [6, 6.07) is 9.10. The molecule has 0 fully saturated rings. The maximum Gasteiger partial charge on any atom is 0.261 e. The third-order valence-electron chi connectivity index (χ3n) is 3.58. The number of rotatable bonds is 6. The minimum atomic E-state index is -0.223. The molecule has 23 heavy (non-hydrogen) atoms. The van der Waals surface area contributed by atoms with Crippen LogP contribution in [-0.4, -0.2) is 28.0 Å². The molecule has 5 nitrogen and oxygen atoms in total. The van der Waals surface area contributed by atoms with Gasteiger partial charge in [0.15, 0.2) is 0 Å². The van der Waals surface area contributed by atoms with E-state index in [4.69, 9.17) is 9.84 Å². The van der Waals surface area contributed by atoms with Crippen LogP contribution in [0.25, 0.3) is 6.08 Å². The van der Waals surface area contributed by atoms with Gasteiger partial charge in [-0.05, 0) is 43.2 Å². The van der Waals surface area contributed by atoms with Crippen molar-refractivity contribution in [2.45, 2.75) is 13.3 Å². The predicted octanol–water partition coefficient (Wildman–Crippen LogP) is 2.03. The topological polar surface area (TPSA) is 71.7 Å². The van der Waals surface area contributed by atoms with Crippen molar-refractivity contribution in [2.24, 2.45) is 7.05 Å². The molecule has 1 heterocycles. The van der Waals surface area contributed by atoms with Gasteiger partial charge in [-0.3, -0.25) is 4.79 Å². The Balaban J connectivity index is 2.14.